The maximum Gasteiger partial charge on any atom is 0.314 e. The van der Waals surface area contributed by atoms with E-state index < -0.39 is 12.3 Å². The third-order valence-corrected chi connectivity index (χ3v) is 7.04. The van der Waals surface area contributed by atoms with Crippen LogP contribution < -0.4 is 0 Å². The maximum atomic E-state index is 13.5. The second kappa shape index (κ2) is 7.95. The van der Waals surface area contributed by atoms with Crippen molar-refractivity contribution in [1.29, 1.82) is 5.26 Å². The molecule has 172 valence electrons. The number of benzene rings is 3. The van der Waals surface area contributed by atoms with Crippen LogP contribution in [0.5, 0.6) is 0 Å². The van der Waals surface area contributed by atoms with Crippen LogP contribution in [-0.4, -0.2) is 16.0 Å². The average Bonchev–Trinajstić information content (AvgIpc) is 3.40. The third-order valence-electron chi connectivity index (χ3n) is 7.04. The van der Waals surface area contributed by atoms with Crippen LogP contribution in [0.4, 0.5) is 8.78 Å². The first kappa shape index (κ1) is 21.4. The van der Waals surface area contributed by atoms with Crippen molar-refractivity contribution in [2.24, 2.45) is 0 Å². The first-order valence-corrected chi connectivity index (χ1v) is 11.4. The van der Waals surface area contributed by atoms with E-state index in [9.17, 15) is 18.8 Å². The second-order valence-electron chi connectivity index (χ2n) is 9.10. The van der Waals surface area contributed by atoms with Crippen LogP contribution in [0.15, 0.2) is 71.1 Å². The molecule has 35 heavy (non-hydrogen) atoms. The van der Waals surface area contributed by atoms with Gasteiger partial charge in [0.25, 0.3) is 5.89 Å². The van der Waals surface area contributed by atoms with Gasteiger partial charge in [0.05, 0.1) is 17.4 Å². The molecule has 0 amide bonds. The Morgan fingerprint density at radius 3 is 2.40 bits per heavy atom. The van der Waals surface area contributed by atoms with Crippen LogP contribution in [-0.2, 0) is 11.8 Å². The summed E-state index contributed by atoms with van der Waals surface area (Å²) in [4.78, 5) is 13.5. The fraction of sp³-hybridized carbons (Fsp3) is 0.214. The van der Waals surface area contributed by atoms with E-state index in [0.717, 1.165) is 40.7 Å². The molecule has 6 rings (SSSR count). The molecule has 1 fully saturated rings. The van der Waals surface area contributed by atoms with Crippen LogP contribution in [0.1, 0.15) is 58.1 Å². The van der Waals surface area contributed by atoms with Gasteiger partial charge < -0.3 is 4.42 Å². The summed E-state index contributed by atoms with van der Waals surface area (Å²) in [6, 6.07) is 23.5. The molecule has 2 aliphatic rings. The lowest BCUT2D eigenvalue weighted by atomic mass is 9.87. The van der Waals surface area contributed by atoms with Gasteiger partial charge in [-0.2, -0.15) is 14.0 Å². The molecule has 7 heteroatoms. The molecule has 0 radical (unpaired) electrons. The van der Waals surface area contributed by atoms with Crippen LogP contribution >= 0.6 is 0 Å². The molecule has 0 bridgehead atoms. The Balaban J connectivity index is 1.32. The number of Topliss-reactive ketones (excluding diaryl/α,β-unsaturated/α-hetero) is 1. The zero-order chi connectivity index (χ0) is 24.2. The minimum Gasteiger partial charge on any atom is -0.415 e. The Morgan fingerprint density at radius 1 is 0.971 bits per heavy atom. The van der Waals surface area contributed by atoms with Crippen LogP contribution in [0, 0.1) is 11.3 Å². The van der Waals surface area contributed by atoms with Gasteiger partial charge in [-0.1, -0.05) is 54.6 Å². The molecule has 4 aromatic rings. The minimum absolute atomic E-state index is 0.0269. The van der Waals surface area contributed by atoms with E-state index in [4.69, 9.17) is 4.42 Å². The molecule has 0 N–H and O–H groups in total. The predicted octanol–water partition coefficient (Wildman–Crippen LogP) is 6.42. The van der Waals surface area contributed by atoms with Gasteiger partial charge in [-0.15, -0.1) is 10.2 Å². The molecule has 0 aliphatic heterocycles. The minimum atomic E-state index is -2.85. The smallest absolute Gasteiger partial charge is 0.314 e. The molecule has 0 saturated heterocycles. The van der Waals surface area contributed by atoms with Crippen LogP contribution in [0.25, 0.3) is 22.6 Å². The van der Waals surface area contributed by atoms with E-state index in [1.807, 2.05) is 54.6 Å². The molecular formula is C28H19F2N3O2. The monoisotopic (exact) mass is 467 g/mol. The van der Waals surface area contributed by atoms with Crippen molar-refractivity contribution in [1.82, 2.24) is 10.2 Å². The number of fused-ring (bicyclic) bond motifs is 1. The highest BCUT2D eigenvalue weighted by molar-refractivity contribution is 6.06. The SMILES string of the molecule is N#CC1(c2ccc(-c3ccccc3C3Cc4ccc(-c5nnc(C(F)F)o5)cc4C3=O)cc2)CC1. The molecule has 1 aromatic heterocycles. The largest absolute Gasteiger partial charge is 0.415 e. The van der Waals surface area contributed by atoms with E-state index in [2.05, 4.69) is 16.3 Å². The summed E-state index contributed by atoms with van der Waals surface area (Å²) in [6.07, 6.45) is -0.517. The first-order chi connectivity index (χ1) is 17.0. The number of hydrogen-bond acceptors (Lipinski definition) is 5. The summed E-state index contributed by atoms with van der Waals surface area (Å²) < 4.78 is 30.7. The molecule has 1 saturated carbocycles. The van der Waals surface area contributed by atoms with E-state index in [1.165, 1.54) is 0 Å². The molecular weight excluding hydrogens is 448 g/mol. The lowest BCUT2D eigenvalue weighted by Crippen LogP contribution is -2.08. The Kier molecular flexibility index (Phi) is 4.85. The predicted molar refractivity (Wildman–Crippen MR) is 124 cm³/mol. The van der Waals surface area contributed by atoms with E-state index >= 15 is 0 Å². The fourth-order valence-corrected chi connectivity index (χ4v) is 4.93. The lowest BCUT2D eigenvalue weighted by molar-refractivity contribution is 0.0973. The third kappa shape index (κ3) is 3.53. The number of hydrogen-bond donors (Lipinski definition) is 0. The van der Waals surface area contributed by atoms with Gasteiger partial charge in [-0.3, -0.25) is 4.79 Å². The Bertz CT molecular complexity index is 1500. The van der Waals surface area contributed by atoms with Crippen molar-refractivity contribution in [2.45, 2.75) is 37.0 Å². The van der Waals surface area contributed by atoms with Gasteiger partial charge in [0, 0.05) is 11.1 Å². The number of halogens is 2. The number of carbonyl (C=O) groups is 1. The highest BCUT2D eigenvalue weighted by atomic mass is 19.3. The van der Waals surface area contributed by atoms with Crippen molar-refractivity contribution in [3.63, 3.8) is 0 Å². The number of rotatable bonds is 5. The van der Waals surface area contributed by atoms with Gasteiger partial charge in [-0.25, -0.2) is 0 Å². The van der Waals surface area contributed by atoms with E-state index in [1.54, 1.807) is 12.1 Å². The summed E-state index contributed by atoms with van der Waals surface area (Å²) in [7, 11) is 0. The number of nitriles is 1. The van der Waals surface area contributed by atoms with Gasteiger partial charge in [0.1, 0.15) is 0 Å². The number of aromatic nitrogens is 2. The topological polar surface area (TPSA) is 79.8 Å². The summed E-state index contributed by atoms with van der Waals surface area (Å²) in [5.74, 6) is -1.16. The summed E-state index contributed by atoms with van der Waals surface area (Å²) in [5.41, 5.74) is 5.47. The maximum absolute atomic E-state index is 13.5. The highest BCUT2D eigenvalue weighted by Gasteiger charge is 2.44. The molecule has 1 atom stereocenters. The van der Waals surface area contributed by atoms with E-state index in [0.29, 0.717) is 17.5 Å². The molecule has 1 unspecified atom stereocenters. The van der Waals surface area contributed by atoms with Crippen LogP contribution in [0.3, 0.4) is 0 Å². The molecule has 2 aliphatic carbocycles. The quantitative estimate of drug-likeness (QED) is 0.338. The number of nitrogens with zero attached hydrogens (tertiary/aromatic N) is 3. The van der Waals surface area contributed by atoms with Crippen LogP contribution in [0.2, 0.25) is 0 Å². The van der Waals surface area contributed by atoms with Gasteiger partial charge >= 0.3 is 6.43 Å². The Morgan fingerprint density at radius 2 is 1.71 bits per heavy atom. The lowest BCUT2D eigenvalue weighted by Gasteiger charge is -2.15. The van der Waals surface area contributed by atoms with Gasteiger partial charge in [-0.05, 0) is 59.2 Å². The van der Waals surface area contributed by atoms with Crippen molar-refractivity contribution < 1.29 is 18.0 Å². The highest BCUT2D eigenvalue weighted by Crippen LogP contribution is 2.48. The first-order valence-electron chi connectivity index (χ1n) is 11.4. The average molecular weight is 467 g/mol. The number of carbonyl (C=O) groups excluding carboxylic acids is 1. The summed E-state index contributed by atoms with van der Waals surface area (Å²) in [6.45, 7) is 0. The number of ketones is 1. The second-order valence-corrected chi connectivity index (χ2v) is 9.10. The van der Waals surface area contributed by atoms with Crippen molar-refractivity contribution >= 4 is 5.78 Å². The van der Waals surface area contributed by atoms with Crippen molar-refractivity contribution in [3.05, 3.63) is 94.9 Å². The zero-order valence-electron chi connectivity index (χ0n) is 18.5. The molecule has 1 heterocycles. The summed E-state index contributed by atoms with van der Waals surface area (Å²) in [5, 5.41) is 16.6. The Hall–Kier alpha value is -4.18. The normalized spacial score (nSPS) is 17.9. The standard InChI is InChI=1S/C28H19F2N3O2/c29-25(30)27-33-32-26(35-27)18-6-5-17-13-23(24(34)22(17)14-18)21-4-2-1-3-20(21)16-7-9-19(10-8-16)28(15-31)11-12-28/h1-10,14,23,25H,11-13H2. The number of alkyl halides is 2. The van der Waals surface area contributed by atoms with Gasteiger partial charge in [0.2, 0.25) is 5.89 Å². The van der Waals surface area contributed by atoms with E-state index in [-0.39, 0.29) is 23.0 Å². The molecule has 0 spiro atoms. The fourth-order valence-electron chi connectivity index (χ4n) is 4.93. The van der Waals surface area contributed by atoms with Gasteiger partial charge in [0.15, 0.2) is 5.78 Å². The molecule has 3 aromatic carbocycles. The molecule has 5 nitrogen and oxygen atoms in total. The summed E-state index contributed by atoms with van der Waals surface area (Å²) >= 11 is 0. The van der Waals surface area contributed by atoms with Crippen molar-refractivity contribution in [2.75, 3.05) is 0 Å². The Labute approximate surface area is 200 Å². The zero-order valence-corrected chi connectivity index (χ0v) is 18.5. The van der Waals surface area contributed by atoms with Crippen molar-refractivity contribution in [3.8, 4) is 28.7 Å².